The third-order valence-electron chi connectivity index (χ3n) is 4.49. The number of benzene rings is 3. The molecule has 2 aromatic heterocycles. The van der Waals surface area contributed by atoms with E-state index in [1.54, 1.807) is 12.1 Å². The second-order valence-corrected chi connectivity index (χ2v) is 6.81. The van der Waals surface area contributed by atoms with E-state index in [9.17, 15) is 10.1 Å². The summed E-state index contributed by atoms with van der Waals surface area (Å²) in [6, 6.07) is 21.0. The fourth-order valence-corrected chi connectivity index (χ4v) is 3.90. The number of hydrogen-bond donors (Lipinski definition) is 0. The maximum atomic E-state index is 11.1. The van der Waals surface area contributed by atoms with Gasteiger partial charge in [-0.3, -0.25) is 19.1 Å². The number of nitro groups is 1. The van der Waals surface area contributed by atoms with Crippen LogP contribution in [-0.4, -0.2) is 18.9 Å². The summed E-state index contributed by atoms with van der Waals surface area (Å²) in [5, 5.41) is 11.1. The smallest absolute Gasteiger partial charge is 0.278 e. The molecule has 2 heterocycles. The van der Waals surface area contributed by atoms with Crippen LogP contribution in [0, 0.1) is 10.1 Å². The molecule has 0 unspecified atom stereocenters. The summed E-state index contributed by atoms with van der Waals surface area (Å²) in [7, 11) is 0. The van der Waals surface area contributed by atoms with Crippen molar-refractivity contribution in [2.24, 2.45) is 0 Å². The first-order valence-corrected chi connectivity index (χ1v) is 8.75. The molecule has 0 radical (unpaired) electrons. The molecular weight excluding hydrogens is 396 g/mol. The van der Waals surface area contributed by atoms with E-state index in [1.165, 1.54) is 6.07 Å². The van der Waals surface area contributed by atoms with Gasteiger partial charge in [-0.15, -0.1) is 0 Å². The van der Waals surface area contributed by atoms with Gasteiger partial charge in [0.2, 0.25) is 5.78 Å². The predicted molar refractivity (Wildman–Crippen MR) is 104 cm³/mol. The van der Waals surface area contributed by atoms with Crippen molar-refractivity contribution in [3.8, 4) is 5.69 Å². The minimum absolute atomic E-state index is 0.0368. The van der Waals surface area contributed by atoms with E-state index in [-0.39, 0.29) is 5.69 Å². The Bertz CT molecular complexity index is 1340. The maximum Gasteiger partial charge on any atom is 0.283 e. The fraction of sp³-hybridized carbons (Fsp3) is 0. The van der Waals surface area contributed by atoms with Gasteiger partial charge < -0.3 is 0 Å². The Labute approximate surface area is 155 Å². The Morgan fingerprint density at radius 1 is 0.923 bits per heavy atom. The molecule has 7 heteroatoms. The minimum atomic E-state index is -0.402. The Hall–Kier alpha value is -3.19. The lowest BCUT2D eigenvalue weighted by molar-refractivity contribution is -0.385. The van der Waals surface area contributed by atoms with E-state index in [0.717, 1.165) is 33.5 Å². The number of rotatable bonds is 2. The van der Waals surface area contributed by atoms with Crippen LogP contribution in [0.3, 0.4) is 0 Å². The number of para-hydroxylation sites is 4. The van der Waals surface area contributed by atoms with Crippen molar-refractivity contribution in [3.63, 3.8) is 0 Å². The SMILES string of the molecule is O=[N+]([O-])c1ccc(-n2c3ccccc3n3c4ccccc4nc23)cc1Br. The number of nitrogens with zero attached hydrogens (tertiary/aromatic N) is 4. The summed E-state index contributed by atoms with van der Waals surface area (Å²) < 4.78 is 4.57. The van der Waals surface area contributed by atoms with Gasteiger partial charge in [0.15, 0.2) is 0 Å². The van der Waals surface area contributed by atoms with Gasteiger partial charge in [0.1, 0.15) is 0 Å². The number of imidazole rings is 2. The molecule has 26 heavy (non-hydrogen) atoms. The molecule has 0 aliphatic carbocycles. The van der Waals surface area contributed by atoms with Gasteiger partial charge in [-0.1, -0.05) is 24.3 Å². The molecule has 0 bridgehead atoms. The van der Waals surface area contributed by atoms with Gasteiger partial charge >= 0.3 is 0 Å². The molecule has 0 N–H and O–H groups in total. The summed E-state index contributed by atoms with van der Waals surface area (Å²) >= 11 is 3.31. The topological polar surface area (TPSA) is 65.4 Å². The van der Waals surface area contributed by atoms with Gasteiger partial charge in [0.25, 0.3) is 5.69 Å². The highest BCUT2D eigenvalue weighted by Gasteiger charge is 2.18. The van der Waals surface area contributed by atoms with Crippen LogP contribution in [0.5, 0.6) is 0 Å². The molecule has 0 atom stereocenters. The highest BCUT2D eigenvalue weighted by atomic mass is 79.9. The van der Waals surface area contributed by atoms with Crippen molar-refractivity contribution < 1.29 is 4.92 Å². The standard InChI is InChI=1S/C19H11BrN4O2/c20-13-11-12(9-10-15(13)24(25)26)22-17-7-3-4-8-18(17)23-16-6-2-1-5-14(16)21-19(22)23/h1-11H. The highest BCUT2D eigenvalue weighted by Crippen LogP contribution is 2.32. The molecule has 5 rings (SSSR count). The molecule has 3 aromatic carbocycles. The fourth-order valence-electron chi connectivity index (χ4n) is 3.39. The maximum absolute atomic E-state index is 11.1. The first-order valence-electron chi connectivity index (χ1n) is 7.96. The lowest BCUT2D eigenvalue weighted by Gasteiger charge is -2.06. The zero-order valence-electron chi connectivity index (χ0n) is 13.3. The lowest BCUT2D eigenvalue weighted by Crippen LogP contribution is -1.97. The minimum Gasteiger partial charge on any atom is -0.278 e. The second kappa shape index (κ2) is 5.40. The number of nitro benzene ring substituents is 1. The molecule has 126 valence electrons. The van der Waals surface area contributed by atoms with Crippen LogP contribution >= 0.6 is 15.9 Å². The van der Waals surface area contributed by atoms with Crippen LogP contribution in [0.1, 0.15) is 0 Å². The van der Waals surface area contributed by atoms with E-state index >= 15 is 0 Å². The van der Waals surface area contributed by atoms with Crippen LogP contribution in [0.25, 0.3) is 33.5 Å². The first-order chi connectivity index (χ1) is 12.6. The summed E-state index contributed by atoms with van der Waals surface area (Å²) in [6.07, 6.45) is 0. The predicted octanol–water partition coefficient (Wildman–Crippen LogP) is 5.10. The van der Waals surface area contributed by atoms with Crippen molar-refractivity contribution in [2.45, 2.75) is 0 Å². The monoisotopic (exact) mass is 406 g/mol. The molecule has 0 aliphatic rings. The molecule has 6 nitrogen and oxygen atoms in total. The van der Waals surface area contributed by atoms with Crippen LogP contribution < -0.4 is 0 Å². The van der Waals surface area contributed by atoms with Gasteiger partial charge in [0.05, 0.1) is 37.2 Å². The van der Waals surface area contributed by atoms with E-state index in [4.69, 9.17) is 4.98 Å². The molecule has 0 saturated carbocycles. The van der Waals surface area contributed by atoms with Gasteiger partial charge in [-0.05, 0) is 52.3 Å². The third kappa shape index (κ3) is 2.01. The summed E-state index contributed by atoms with van der Waals surface area (Å²) in [6.45, 7) is 0. The molecule has 0 fully saturated rings. The van der Waals surface area contributed by atoms with E-state index < -0.39 is 4.92 Å². The zero-order valence-corrected chi connectivity index (χ0v) is 14.9. The third-order valence-corrected chi connectivity index (χ3v) is 5.13. The Kier molecular flexibility index (Phi) is 3.14. The second-order valence-electron chi connectivity index (χ2n) is 5.95. The Morgan fingerprint density at radius 2 is 1.62 bits per heavy atom. The number of hydrogen-bond acceptors (Lipinski definition) is 3. The van der Waals surface area contributed by atoms with Crippen molar-refractivity contribution in [1.29, 1.82) is 0 Å². The van der Waals surface area contributed by atoms with Crippen molar-refractivity contribution in [3.05, 3.63) is 81.3 Å². The Balaban J connectivity index is 1.92. The molecular formula is C19H11BrN4O2. The summed E-state index contributed by atoms with van der Waals surface area (Å²) in [5.74, 6) is 0.771. The van der Waals surface area contributed by atoms with Gasteiger partial charge in [0, 0.05) is 6.07 Å². The van der Waals surface area contributed by atoms with Crippen LogP contribution in [0.4, 0.5) is 5.69 Å². The van der Waals surface area contributed by atoms with E-state index in [2.05, 4.69) is 20.3 Å². The average molecular weight is 407 g/mol. The van der Waals surface area contributed by atoms with Crippen molar-refractivity contribution >= 4 is 49.5 Å². The summed E-state index contributed by atoms with van der Waals surface area (Å²) in [5.41, 5.74) is 4.80. The first kappa shape index (κ1) is 15.1. The average Bonchev–Trinajstić information content (AvgIpc) is 3.15. The Morgan fingerprint density at radius 3 is 2.35 bits per heavy atom. The number of fused-ring (bicyclic) bond motifs is 5. The molecule has 0 spiro atoms. The van der Waals surface area contributed by atoms with Crippen LogP contribution in [-0.2, 0) is 0 Å². The van der Waals surface area contributed by atoms with E-state index in [0.29, 0.717) is 4.47 Å². The highest BCUT2D eigenvalue weighted by molar-refractivity contribution is 9.10. The molecule has 5 aromatic rings. The largest absolute Gasteiger partial charge is 0.283 e. The van der Waals surface area contributed by atoms with Crippen LogP contribution in [0.15, 0.2) is 71.2 Å². The van der Waals surface area contributed by atoms with Crippen molar-refractivity contribution in [2.75, 3.05) is 0 Å². The number of aromatic nitrogens is 3. The molecule has 0 saturated heterocycles. The molecule has 0 amide bonds. The zero-order chi connectivity index (χ0) is 17.8. The summed E-state index contributed by atoms with van der Waals surface area (Å²) in [4.78, 5) is 15.5. The van der Waals surface area contributed by atoms with Crippen molar-refractivity contribution in [1.82, 2.24) is 14.0 Å². The van der Waals surface area contributed by atoms with Gasteiger partial charge in [-0.2, -0.15) is 0 Å². The molecule has 0 aliphatic heterocycles. The van der Waals surface area contributed by atoms with E-state index in [1.807, 2.05) is 53.1 Å². The quantitative estimate of drug-likeness (QED) is 0.302. The normalized spacial score (nSPS) is 11.6. The lowest BCUT2D eigenvalue weighted by atomic mass is 10.2. The van der Waals surface area contributed by atoms with Gasteiger partial charge in [-0.25, -0.2) is 4.98 Å². The number of halogens is 1. The van der Waals surface area contributed by atoms with Crippen LogP contribution in [0.2, 0.25) is 0 Å².